The van der Waals surface area contributed by atoms with E-state index in [1.54, 1.807) is 18.2 Å². The summed E-state index contributed by atoms with van der Waals surface area (Å²) in [6.07, 6.45) is 5.38. The third-order valence-corrected chi connectivity index (χ3v) is 5.40. The van der Waals surface area contributed by atoms with Crippen molar-refractivity contribution in [3.05, 3.63) is 41.3 Å². The zero-order valence-corrected chi connectivity index (χ0v) is 14.3. The summed E-state index contributed by atoms with van der Waals surface area (Å²) in [6.45, 7) is 2.64. The highest BCUT2D eigenvalue weighted by atomic mass is 32.2. The van der Waals surface area contributed by atoms with Gasteiger partial charge in [0, 0.05) is 12.6 Å². The number of amides is 1. The van der Waals surface area contributed by atoms with Crippen molar-refractivity contribution in [3.63, 3.8) is 0 Å². The van der Waals surface area contributed by atoms with E-state index in [1.807, 2.05) is 0 Å². The van der Waals surface area contributed by atoms with E-state index in [9.17, 15) is 13.2 Å². The quantitative estimate of drug-likeness (QED) is 0.821. The summed E-state index contributed by atoms with van der Waals surface area (Å²) in [5, 5.41) is 6.09. The lowest BCUT2D eigenvalue weighted by Crippen LogP contribution is -2.40. The third kappa shape index (κ3) is 3.26. The molecule has 1 amide bonds. The Morgan fingerprint density at radius 1 is 1.42 bits per heavy atom. The second-order valence-electron chi connectivity index (χ2n) is 5.03. The molecule has 0 saturated carbocycles. The Morgan fingerprint density at radius 2 is 2.12 bits per heavy atom. The lowest BCUT2D eigenvalue weighted by molar-refractivity contribution is -0.119. The summed E-state index contributed by atoms with van der Waals surface area (Å²) < 4.78 is 32.1. The maximum atomic E-state index is 13.1. The Bertz CT molecular complexity index is 890. The standard InChI is InChI=1S/C16H17N3O4S/c1-5-13-7-6-8-14(9-13)19(10-15(20)17-4)24(21,22)16-11(2)18-23-12(16)3/h1,6-9H,10H2,2-4H3,(H,17,20). The lowest BCUT2D eigenvalue weighted by Gasteiger charge is -2.23. The average Bonchev–Trinajstić information content (AvgIpc) is 2.91. The Morgan fingerprint density at radius 3 is 2.67 bits per heavy atom. The Balaban J connectivity index is 2.62. The number of aromatic nitrogens is 1. The number of terminal acetylenes is 1. The Labute approximate surface area is 140 Å². The molecule has 0 saturated heterocycles. The first-order chi connectivity index (χ1) is 11.3. The fourth-order valence-electron chi connectivity index (χ4n) is 2.23. The number of sulfonamides is 1. The summed E-state index contributed by atoms with van der Waals surface area (Å²) in [4.78, 5) is 11.8. The van der Waals surface area contributed by atoms with Gasteiger partial charge in [0.05, 0.1) is 5.69 Å². The van der Waals surface area contributed by atoms with Gasteiger partial charge in [-0.05, 0) is 32.0 Å². The van der Waals surface area contributed by atoms with Crippen molar-refractivity contribution in [3.8, 4) is 12.3 Å². The van der Waals surface area contributed by atoms with Crippen molar-refractivity contribution < 1.29 is 17.7 Å². The van der Waals surface area contributed by atoms with E-state index in [1.165, 1.54) is 27.0 Å². The molecule has 2 aromatic rings. The number of nitrogens with zero attached hydrogens (tertiary/aromatic N) is 2. The molecule has 1 N–H and O–H groups in total. The van der Waals surface area contributed by atoms with Gasteiger partial charge in [-0.1, -0.05) is 17.1 Å². The summed E-state index contributed by atoms with van der Waals surface area (Å²) >= 11 is 0. The number of anilines is 1. The molecule has 0 aliphatic rings. The van der Waals surface area contributed by atoms with Gasteiger partial charge in [-0.15, -0.1) is 6.42 Å². The van der Waals surface area contributed by atoms with E-state index in [2.05, 4.69) is 16.4 Å². The van der Waals surface area contributed by atoms with E-state index < -0.39 is 22.5 Å². The maximum absolute atomic E-state index is 13.1. The monoisotopic (exact) mass is 347 g/mol. The predicted octanol–water partition coefficient (Wildman–Crippen LogP) is 1.21. The van der Waals surface area contributed by atoms with Crippen LogP contribution in [-0.2, 0) is 14.8 Å². The summed E-state index contributed by atoms with van der Waals surface area (Å²) in [5.41, 5.74) is 1.01. The average molecular weight is 347 g/mol. The van der Waals surface area contributed by atoms with E-state index in [0.29, 0.717) is 5.56 Å². The van der Waals surface area contributed by atoms with Crippen LogP contribution in [0, 0.1) is 26.2 Å². The summed E-state index contributed by atoms with van der Waals surface area (Å²) in [6, 6.07) is 6.40. The molecule has 0 fully saturated rings. The van der Waals surface area contributed by atoms with Crippen molar-refractivity contribution in [1.82, 2.24) is 10.5 Å². The number of benzene rings is 1. The normalized spacial score (nSPS) is 10.9. The van der Waals surface area contributed by atoms with Crippen molar-refractivity contribution >= 4 is 21.6 Å². The molecule has 8 heteroatoms. The van der Waals surface area contributed by atoms with Gasteiger partial charge in [-0.25, -0.2) is 8.42 Å². The molecule has 0 unspecified atom stereocenters. The Kier molecular flexibility index (Phi) is 4.95. The summed E-state index contributed by atoms with van der Waals surface area (Å²) in [7, 11) is -2.62. The number of carbonyl (C=O) groups excluding carboxylic acids is 1. The molecule has 126 valence electrons. The van der Waals surface area contributed by atoms with E-state index >= 15 is 0 Å². The smallest absolute Gasteiger partial charge is 0.270 e. The zero-order valence-electron chi connectivity index (χ0n) is 13.5. The van der Waals surface area contributed by atoms with Crippen LogP contribution >= 0.6 is 0 Å². The first-order valence-corrected chi connectivity index (χ1v) is 8.48. The van der Waals surface area contributed by atoms with Crippen LogP contribution in [0.25, 0.3) is 0 Å². The van der Waals surface area contributed by atoms with Gasteiger partial charge >= 0.3 is 0 Å². The molecule has 1 aromatic heterocycles. The highest BCUT2D eigenvalue weighted by molar-refractivity contribution is 7.93. The first-order valence-electron chi connectivity index (χ1n) is 7.04. The molecule has 0 aliphatic heterocycles. The highest BCUT2D eigenvalue weighted by Crippen LogP contribution is 2.28. The number of likely N-dealkylation sites (N-methyl/N-ethyl adjacent to an activating group) is 1. The maximum Gasteiger partial charge on any atom is 0.270 e. The SMILES string of the molecule is C#Cc1cccc(N(CC(=O)NC)S(=O)(=O)c2c(C)noc2C)c1. The van der Waals surface area contributed by atoms with Gasteiger partial charge in [0.25, 0.3) is 10.0 Å². The minimum atomic E-state index is -4.05. The van der Waals surface area contributed by atoms with Crippen LogP contribution in [-0.4, -0.2) is 33.1 Å². The number of hydrogen-bond acceptors (Lipinski definition) is 5. The van der Waals surface area contributed by atoms with Gasteiger partial charge in [0.2, 0.25) is 5.91 Å². The number of hydrogen-bond donors (Lipinski definition) is 1. The van der Waals surface area contributed by atoms with Crippen LogP contribution in [0.3, 0.4) is 0 Å². The molecule has 0 bridgehead atoms. The largest absolute Gasteiger partial charge is 0.360 e. The van der Waals surface area contributed by atoms with Crippen molar-refractivity contribution in [1.29, 1.82) is 0 Å². The molecule has 7 nitrogen and oxygen atoms in total. The molecular weight excluding hydrogens is 330 g/mol. The topological polar surface area (TPSA) is 92.5 Å². The van der Waals surface area contributed by atoms with Gasteiger partial charge in [0.15, 0.2) is 10.7 Å². The van der Waals surface area contributed by atoms with E-state index in [-0.39, 0.29) is 22.0 Å². The fourth-order valence-corrected chi connectivity index (χ4v) is 3.94. The van der Waals surface area contributed by atoms with Gasteiger partial charge < -0.3 is 9.84 Å². The molecule has 24 heavy (non-hydrogen) atoms. The minimum Gasteiger partial charge on any atom is -0.360 e. The van der Waals surface area contributed by atoms with Crippen LogP contribution in [0.1, 0.15) is 17.0 Å². The number of nitrogens with one attached hydrogen (secondary N) is 1. The van der Waals surface area contributed by atoms with Crippen LogP contribution in [0.2, 0.25) is 0 Å². The second kappa shape index (κ2) is 6.76. The van der Waals surface area contributed by atoms with Crippen LogP contribution in [0.4, 0.5) is 5.69 Å². The van der Waals surface area contributed by atoms with Crippen LogP contribution in [0.5, 0.6) is 0 Å². The van der Waals surface area contributed by atoms with E-state index in [0.717, 1.165) is 4.31 Å². The van der Waals surface area contributed by atoms with Crippen LogP contribution < -0.4 is 9.62 Å². The Hall–Kier alpha value is -2.79. The molecule has 1 aromatic carbocycles. The third-order valence-electron chi connectivity index (χ3n) is 3.38. The zero-order chi connectivity index (χ0) is 17.9. The molecular formula is C16H17N3O4S. The van der Waals surface area contributed by atoms with Crippen molar-refractivity contribution in [2.24, 2.45) is 0 Å². The van der Waals surface area contributed by atoms with Crippen molar-refractivity contribution in [2.45, 2.75) is 18.7 Å². The number of carbonyl (C=O) groups is 1. The number of aryl methyl sites for hydroxylation is 2. The van der Waals surface area contributed by atoms with Gasteiger partial charge in [0.1, 0.15) is 12.2 Å². The molecule has 0 atom stereocenters. The van der Waals surface area contributed by atoms with Gasteiger partial charge in [-0.2, -0.15) is 0 Å². The molecule has 0 radical (unpaired) electrons. The molecule has 2 rings (SSSR count). The first kappa shape index (κ1) is 17.6. The number of rotatable bonds is 5. The molecule has 0 spiro atoms. The highest BCUT2D eigenvalue weighted by Gasteiger charge is 2.32. The lowest BCUT2D eigenvalue weighted by atomic mass is 10.2. The van der Waals surface area contributed by atoms with Gasteiger partial charge in [-0.3, -0.25) is 9.10 Å². The molecule has 1 heterocycles. The van der Waals surface area contributed by atoms with Crippen LogP contribution in [0.15, 0.2) is 33.7 Å². The minimum absolute atomic E-state index is 0.0579. The molecule has 0 aliphatic carbocycles. The van der Waals surface area contributed by atoms with Crippen molar-refractivity contribution in [2.75, 3.05) is 17.9 Å². The predicted molar refractivity (Wildman–Crippen MR) is 89.0 cm³/mol. The summed E-state index contributed by atoms with van der Waals surface area (Å²) in [5.74, 6) is 2.14. The van der Waals surface area contributed by atoms with E-state index in [4.69, 9.17) is 10.9 Å². The fraction of sp³-hybridized carbons (Fsp3) is 0.250. The second-order valence-corrected chi connectivity index (χ2v) is 6.83.